The van der Waals surface area contributed by atoms with Gasteiger partial charge in [-0.3, -0.25) is 0 Å². The van der Waals surface area contributed by atoms with Crippen molar-refractivity contribution in [3.63, 3.8) is 0 Å². The molecule has 0 fully saturated rings. The second kappa shape index (κ2) is 6.75. The van der Waals surface area contributed by atoms with E-state index in [1.807, 2.05) is 0 Å². The van der Waals surface area contributed by atoms with Crippen LogP contribution in [0.1, 0.15) is 19.8 Å². The molecular formula is C8H18N2. The predicted octanol–water partition coefficient (Wildman–Crippen LogP) is 1.42. The molecule has 0 aliphatic heterocycles. The Morgan fingerprint density at radius 2 is 2.10 bits per heavy atom. The van der Waals surface area contributed by atoms with Crippen LogP contribution in [0, 0.1) is 0 Å². The molecule has 0 spiro atoms. The summed E-state index contributed by atoms with van der Waals surface area (Å²) in [6.07, 6.45) is 2.41. The number of rotatable bonds is 6. The molecule has 0 aromatic carbocycles. The average Bonchev–Trinajstić information content (AvgIpc) is 1.98. The van der Waals surface area contributed by atoms with Crippen molar-refractivity contribution in [1.82, 2.24) is 4.90 Å². The fourth-order valence-corrected chi connectivity index (χ4v) is 0.763. The van der Waals surface area contributed by atoms with E-state index in [0.717, 1.165) is 13.1 Å². The summed E-state index contributed by atoms with van der Waals surface area (Å²) in [6, 6.07) is 0. The Balaban J connectivity index is 2.95. The van der Waals surface area contributed by atoms with Gasteiger partial charge in [-0.05, 0) is 39.7 Å². The summed E-state index contributed by atoms with van der Waals surface area (Å²) in [5.41, 5.74) is 0. The van der Waals surface area contributed by atoms with Gasteiger partial charge in [-0.15, -0.1) is 0 Å². The fourth-order valence-electron chi connectivity index (χ4n) is 0.763. The van der Waals surface area contributed by atoms with Gasteiger partial charge in [0, 0.05) is 6.54 Å². The normalized spacial score (nSPS) is 10.3. The highest BCUT2D eigenvalue weighted by atomic mass is 15.1. The minimum Gasteiger partial charge on any atom is -0.307 e. The third kappa shape index (κ3) is 5.76. The first-order valence-electron chi connectivity index (χ1n) is 3.92. The molecule has 2 heteroatoms. The summed E-state index contributed by atoms with van der Waals surface area (Å²) in [7, 11) is 2.14. The van der Waals surface area contributed by atoms with Gasteiger partial charge < -0.3 is 9.89 Å². The maximum Gasteiger partial charge on any atom is 0.0382 e. The number of hydrogen-bond donors (Lipinski definition) is 0. The maximum atomic E-state index is 3.79. The molecular weight excluding hydrogens is 124 g/mol. The van der Waals surface area contributed by atoms with Crippen LogP contribution in [0.5, 0.6) is 0 Å². The largest absolute Gasteiger partial charge is 0.307 e. The first-order chi connectivity index (χ1) is 4.81. The Bertz CT molecular complexity index is 81.3. The van der Waals surface area contributed by atoms with Crippen molar-refractivity contribution in [2.24, 2.45) is 4.99 Å². The summed E-state index contributed by atoms with van der Waals surface area (Å²) in [4.78, 5) is 6.10. The van der Waals surface area contributed by atoms with E-state index in [1.165, 1.54) is 19.4 Å². The lowest BCUT2D eigenvalue weighted by atomic mass is 10.3. The van der Waals surface area contributed by atoms with Crippen molar-refractivity contribution in [2.45, 2.75) is 19.8 Å². The van der Waals surface area contributed by atoms with E-state index in [-0.39, 0.29) is 0 Å². The molecule has 60 valence electrons. The van der Waals surface area contributed by atoms with E-state index in [2.05, 4.69) is 30.6 Å². The Morgan fingerprint density at radius 1 is 1.40 bits per heavy atom. The molecule has 0 bridgehead atoms. The predicted molar refractivity (Wildman–Crippen MR) is 46.8 cm³/mol. The van der Waals surface area contributed by atoms with E-state index in [4.69, 9.17) is 0 Å². The van der Waals surface area contributed by atoms with Gasteiger partial charge in [0.25, 0.3) is 0 Å². The molecule has 0 rings (SSSR count). The number of unbranched alkanes of at least 4 members (excludes halogenated alkanes) is 1. The Morgan fingerprint density at radius 3 is 2.60 bits per heavy atom. The van der Waals surface area contributed by atoms with Crippen LogP contribution in [-0.2, 0) is 0 Å². The van der Waals surface area contributed by atoms with Gasteiger partial charge in [-0.2, -0.15) is 0 Å². The number of hydrogen-bond acceptors (Lipinski definition) is 2. The molecule has 0 aromatic rings. The summed E-state index contributed by atoms with van der Waals surface area (Å²) in [6.45, 7) is 8.85. The summed E-state index contributed by atoms with van der Waals surface area (Å²) in [5, 5.41) is 0. The zero-order valence-corrected chi connectivity index (χ0v) is 7.14. The fraction of sp³-hybridized carbons (Fsp3) is 0.875. The van der Waals surface area contributed by atoms with Crippen molar-refractivity contribution in [3.8, 4) is 0 Å². The molecule has 0 atom stereocenters. The van der Waals surface area contributed by atoms with E-state index >= 15 is 0 Å². The van der Waals surface area contributed by atoms with Crippen LogP contribution in [0.3, 0.4) is 0 Å². The highest BCUT2D eigenvalue weighted by Gasteiger charge is 1.91. The molecule has 0 heterocycles. The molecule has 0 saturated carbocycles. The van der Waals surface area contributed by atoms with Crippen LogP contribution in [0.2, 0.25) is 0 Å². The van der Waals surface area contributed by atoms with E-state index in [9.17, 15) is 0 Å². The minimum atomic E-state index is 0.914. The van der Waals surface area contributed by atoms with E-state index in [0.29, 0.717) is 0 Å². The van der Waals surface area contributed by atoms with E-state index < -0.39 is 0 Å². The smallest absolute Gasteiger partial charge is 0.0382 e. The van der Waals surface area contributed by atoms with Gasteiger partial charge >= 0.3 is 0 Å². The third-order valence-electron chi connectivity index (χ3n) is 1.65. The standard InChI is InChI=1S/C8H18N2/c1-4-10(3)8-6-5-7-9-2/h2,4-8H2,1,3H3. The van der Waals surface area contributed by atoms with Crippen molar-refractivity contribution < 1.29 is 0 Å². The van der Waals surface area contributed by atoms with Gasteiger partial charge in [-0.1, -0.05) is 6.92 Å². The van der Waals surface area contributed by atoms with Crippen LogP contribution in [0.25, 0.3) is 0 Å². The molecule has 0 aliphatic rings. The summed E-state index contributed by atoms with van der Waals surface area (Å²) in [5.74, 6) is 0. The van der Waals surface area contributed by atoms with Crippen LogP contribution in [-0.4, -0.2) is 38.3 Å². The Kier molecular flexibility index (Phi) is 6.50. The van der Waals surface area contributed by atoms with Gasteiger partial charge in [0.05, 0.1) is 0 Å². The molecule has 10 heavy (non-hydrogen) atoms. The monoisotopic (exact) mass is 142 g/mol. The molecule has 0 unspecified atom stereocenters. The van der Waals surface area contributed by atoms with Crippen LogP contribution in [0.15, 0.2) is 4.99 Å². The summed E-state index contributed by atoms with van der Waals surface area (Å²) >= 11 is 0. The lowest BCUT2D eigenvalue weighted by Gasteiger charge is -2.12. The second-order valence-electron chi connectivity index (χ2n) is 2.55. The molecule has 0 amide bonds. The van der Waals surface area contributed by atoms with Gasteiger partial charge in [0.15, 0.2) is 0 Å². The number of aliphatic imine (C=N–C) groups is 1. The molecule has 0 aliphatic carbocycles. The zero-order chi connectivity index (χ0) is 7.82. The molecule has 0 aromatic heterocycles. The quantitative estimate of drug-likeness (QED) is 0.404. The molecule has 0 saturated heterocycles. The highest BCUT2D eigenvalue weighted by molar-refractivity contribution is 5.22. The first-order valence-corrected chi connectivity index (χ1v) is 3.92. The maximum absolute atomic E-state index is 3.79. The highest BCUT2D eigenvalue weighted by Crippen LogP contribution is 1.91. The van der Waals surface area contributed by atoms with E-state index in [1.54, 1.807) is 0 Å². The molecule has 2 nitrogen and oxygen atoms in total. The zero-order valence-electron chi connectivity index (χ0n) is 7.14. The van der Waals surface area contributed by atoms with Crippen molar-refractivity contribution in [2.75, 3.05) is 26.7 Å². The van der Waals surface area contributed by atoms with Crippen LogP contribution >= 0.6 is 0 Å². The number of nitrogens with zero attached hydrogens (tertiary/aromatic N) is 2. The van der Waals surface area contributed by atoms with Crippen LogP contribution in [0.4, 0.5) is 0 Å². The Labute approximate surface area is 63.9 Å². The van der Waals surface area contributed by atoms with Crippen molar-refractivity contribution in [1.29, 1.82) is 0 Å². The third-order valence-corrected chi connectivity index (χ3v) is 1.65. The minimum absolute atomic E-state index is 0.914. The lowest BCUT2D eigenvalue weighted by molar-refractivity contribution is 0.344. The van der Waals surface area contributed by atoms with Gasteiger partial charge in [0.2, 0.25) is 0 Å². The lowest BCUT2D eigenvalue weighted by Crippen LogP contribution is -2.18. The summed E-state index contributed by atoms with van der Waals surface area (Å²) < 4.78 is 0. The van der Waals surface area contributed by atoms with Gasteiger partial charge in [0.1, 0.15) is 0 Å². The topological polar surface area (TPSA) is 15.6 Å². The van der Waals surface area contributed by atoms with Crippen LogP contribution < -0.4 is 0 Å². The van der Waals surface area contributed by atoms with Crippen molar-refractivity contribution in [3.05, 3.63) is 0 Å². The second-order valence-corrected chi connectivity index (χ2v) is 2.55. The molecule has 0 N–H and O–H groups in total. The van der Waals surface area contributed by atoms with Gasteiger partial charge in [-0.25, -0.2) is 0 Å². The Hall–Kier alpha value is -0.370. The SMILES string of the molecule is C=NCCCCN(C)CC. The first kappa shape index (κ1) is 9.63. The average molecular weight is 142 g/mol. The van der Waals surface area contributed by atoms with Crippen molar-refractivity contribution >= 4 is 6.72 Å². The molecule has 0 radical (unpaired) electrons.